The van der Waals surface area contributed by atoms with Crippen LogP contribution in [0.5, 0.6) is 0 Å². The van der Waals surface area contributed by atoms with Crippen molar-refractivity contribution in [2.24, 2.45) is 5.92 Å². The molecule has 1 saturated carbocycles. The molecule has 2 N–H and O–H groups in total. The normalized spacial score (nSPS) is 16.5. The first kappa shape index (κ1) is 11.6. The van der Waals surface area contributed by atoms with Crippen LogP contribution in [0.25, 0.3) is 0 Å². The molecule has 0 aromatic rings. The highest BCUT2D eigenvalue weighted by atomic mass is 16.2. The summed E-state index contributed by atoms with van der Waals surface area (Å²) in [7, 11) is 0. The van der Waals surface area contributed by atoms with Crippen LogP contribution in [0.2, 0.25) is 0 Å². The van der Waals surface area contributed by atoms with E-state index in [1.165, 1.54) is 25.7 Å². The number of amides is 2. The van der Waals surface area contributed by atoms with Gasteiger partial charge in [-0.2, -0.15) is 5.26 Å². The molecule has 4 nitrogen and oxygen atoms in total. The lowest BCUT2D eigenvalue weighted by atomic mass is 10.1. The molecule has 82 valence electrons. The molecule has 1 aliphatic carbocycles. The van der Waals surface area contributed by atoms with Crippen LogP contribution >= 0.6 is 0 Å². The van der Waals surface area contributed by atoms with Gasteiger partial charge in [0.05, 0.1) is 12.5 Å². The van der Waals surface area contributed by atoms with Crippen LogP contribution in [0.4, 0.5) is 4.79 Å². The standard InChI is InChI=1S/C11H17N3O/c12-7-3-8-13-11(15)14-9-6-10-4-1-2-5-10/h6,9-10H,1-5,8H2,(H2,13,14,15)/b9-6+. The average Bonchev–Trinajstić information content (AvgIpc) is 2.71. The molecule has 0 unspecified atom stereocenters. The van der Waals surface area contributed by atoms with Crippen molar-refractivity contribution >= 4 is 6.03 Å². The van der Waals surface area contributed by atoms with E-state index < -0.39 is 0 Å². The second-order valence-corrected chi connectivity index (χ2v) is 3.71. The van der Waals surface area contributed by atoms with Gasteiger partial charge in [0.15, 0.2) is 0 Å². The van der Waals surface area contributed by atoms with Crippen LogP contribution in [-0.2, 0) is 0 Å². The summed E-state index contributed by atoms with van der Waals surface area (Å²) in [4.78, 5) is 11.1. The number of hydrogen-bond acceptors (Lipinski definition) is 2. The molecule has 0 aromatic carbocycles. The number of allylic oxidation sites excluding steroid dienone is 1. The van der Waals surface area contributed by atoms with Gasteiger partial charge in [-0.15, -0.1) is 0 Å². The number of nitriles is 1. The summed E-state index contributed by atoms with van der Waals surface area (Å²) in [6.07, 6.45) is 9.16. The topological polar surface area (TPSA) is 64.9 Å². The number of nitrogens with one attached hydrogen (secondary N) is 2. The Hall–Kier alpha value is -1.50. The zero-order valence-electron chi connectivity index (χ0n) is 8.83. The third kappa shape index (κ3) is 5.06. The molecule has 1 rings (SSSR count). The summed E-state index contributed by atoms with van der Waals surface area (Å²) in [5.41, 5.74) is 0. The van der Waals surface area contributed by atoms with Crippen molar-refractivity contribution in [2.75, 3.05) is 6.54 Å². The fourth-order valence-corrected chi connectivity index (χ4v) is 1.69. The SMILES string of the molecule is N#CCCNC(=O)N/C=C/C1CCCC1. The molecule has 4 heteroatoms. The summed E-state index contributed by atoms with van der Waals surface area (Å²) >= 11 is 0. The van der Waals surface area contributed by atoms with Gasteiger partial charge in [-0.05, 0) is 18.8 Å². The van der Waals surface area contributed by atoms with Crippen LogP contribution in [0, 0.1) is 17.2 Å². The molecule has 15 heavy (non-hydrogen) atoms. The molecular weight excluding hydrogens is 190 g/mol. The highest BCUT2D eigenvalue weighted by Gasteiger charge is 2.10. The highest BCUT2D eigenvalue weighted by molar-refractivity contribution is 5.74. The minimum atomic E-state index is -0.237. The molecule has 0 bridgehead atoms. The molecular formula is C11H17N3O. The van der Waals surface area contributed by atoms with Crippen molar-refractivity contribution in [3.05, 3.63) is 12.3 Å². The van der Waals surface area contributed by atoms with Gasteiger partial charge in [-0.3, -0.25) is 0 Å². The first-order valence-electron chi connectivity index (χ1n) is 5.41. The van der Waals surface area contributed by atoms with Crippen molar-refractivity contribution in [1.82, 2.24) is 10.6 Å². The highest BCUT2D eigenvalue weighted by Crippen LogP contribution is 2.25. The molecule has 0 aromatic heterocycles. The number of hydrogen-bond donors (Lipinski definition) is 2. The first-order valence-corrected chi connectivity index (χ1v) is 5.41. The third-order valence-electron chi connectivity index (χ3n) is 2.51. The van der Waals surface area contributed by atoms with Crippen LogP contribution in [-0.4, -0.2) is 12.6 Å². The van der Waals surface area contributed by atoms with E-state index in [1.54, 1.807) is 6.20 Å². The number of rotatable bonds is 4. The summed E-state index contributed by atoms with van der Waals surface area (Å²) < 4.78 is 0. The van der Waals surface area contributed by atoms with Gasteiger partial charge in [0, 0.05) is 12.7 Å². The first-order chi connectivity index (χ1) is 7.33. The Bertz CT molecular complexity index is 261. The van der Waals surface area contributed by atoms with E-state index in [0.29, 0.717) is 18.9 Å². The zero-order valence-corrected chi connectivity index (χ0v) is 8.83. The van der Waals surface area contributed by atoms with Gasteiger partial charge in [0.1, 0.15) is 0 Å². The van der Waals surface area contributed by atoms with E-state index in [2.05, 4.69) is 16.7 Å². The van der Waals surface area contributed by atoms with E-state index in [-0.39, 0.29) is 6.03 Å². The lowest BCUT2D eigenvalue weighted by molar-refractivity contribution is 0.244. The Morgan fingerprint density at radius 3 is 2.87 bits per heavy atom. The molecule has 0 aliphatic heterocycles. The van der Waals surface area contributed by atoms with Crippen LogP contribution in [0.1, 0.15) is 32.1 Å². The number of carbonyl (C=O) groups is 1. The molecule has 2 amide bonds. The summed E-state index contributed by atoms with van der Waals surface area (Å²) in [5.74, 6) is 0.629. The van der Waals surface area contributed by atoms with E-state index in [0.717, 1.165) is 0 Å². The average molecular weight is 207 g/mol. The number of urea groups is 1. The summed E-state index contributed by atoms with van der Waals surface area (Å²) in [5, 5.41) is 13.5. The van der Waals surface area contributed by atoms with Gasteiger partial charge < -0.3 is 10.6 Å². The predicted octanol–water partition coefficient (Wildman–Crippen LogP) is 1.90. The van der Waals surface area contributed by atoms with Crippen molar-refractivity contribution in [1.29, 1.82) is 5.26 Å². The Balaban J connectivity index is 2.07. The fourth-order valence-electron chi connectivity index (χ4n) is 1.69. The second-order valence-electron chi connectivity index (χ2n) is 3.71. The Labute approximate surface area is 90.3 Å². The number of nitrogens with zero attached hydrogens (tertiary/aromatic N) is 1. The minimum absolute atomic E-state index is 0.237. The third-order valence-corrected chi connectivity index (χ3v) is 2.51. The molecule has 1 aliphatic rings. The monoisotopic (exact) mass is 207 g/mol. The van der Waals surface area contributed by atoms with E-state index >= 15 is 0 Å². The quantitative estimate of drug-likeness (QED) is 0.691. The van der Waals surface area contributed by atoms with Gasteiger partial charge in [0.2, 0.25) is 0 Å². The van der Waals surface area contributed by atoms with Crippen molar-refractivity contribution in [3.8, 4) is 6.07 Å². The molecule has 1 fully saturated rings. The lowest BCUT2D eigenvalue weighted by Gasteiger charge is -2.03. The maximum atomic E-state index is 11.1. The Morgan fingerprint density at radius 1 is 1.47 bits per heavy atom. The zero-order chi connectivity index (χ0) is 10.9. The van der Waals surface area contributed by atoms with Gasteiger partial charge in [-0.1, -0.05) is 18.9 Å². The summed E-state index contributed by atoms with van der Waals surface area (Å²) in [6, 6.07) is 1.73. The number of carbonyl (C=O) groups excluding carboxylic acids is 1. The second kappa shape index (κ2) is 6.88. The molecule has 0 atom stereocenters. The predicted molar refractivity (Wildman–Crippen MR) is 57.9 cm³/mol. The van der Waals surface area contributed by atoms with Crippen LogP contribution in [0.3, 0.4) is 0 Å². The Morgan fingerprint density at radius 2 is 2.20 bits per heavy atom. The smallest absolute Gasteiger partial charge is 0.318 e. The summed E-state index contributed by atoms with van der Waals surface area (Å²) in [6.45, 7) is 0.402. The van der Waals surface area contributed by atoms with Crippen molar-refractivity contribution < 1.29 is 4.79 Å². The molecule has 0 saturated heterocycles. The van der Waals surface area contributed by atoms with E-state index in [1.807, 2.05) is 6.07 Å². The maximum absolute atomic E-state index is 11.1. The van der Waals surface area contributed by atoms with Crippen LogP contribution in [0.15, 0.2) is 12.3 Å². The van der Waals surface area contributed by atoms with E-state index in [9.17, 15) is 4.79 Å². The minimum Gasteiger partial charge on any atom is -0.337 e. The van der Waals surface area contributed by atoms with E-state index in [4.69, 9.17) is 5.26 Å². The molecule has 0 spiro atoms. The lowest BCUT2D eigenvalue weighted by Crippen LogP contribution is -2.32. The van der Waals surface area contributed by atoms with Gasteiger partial charge >= 0.3 is 6.03 Å². The fraction of sp³-hybridized carbons (Fsp3) is 0.636. The largest absolute Gasteiger partial charge is 0.337 e. The molecule has 0 radical (unpaired) electrons. The Kier molecular flexibility index (Phi) is 5.31. The van der Waals surface area contributed by atoms with Crippen LogP contribution < -0.4 is 10.6 Å². The van der Waals surface area contributed by atoms with Gasteiger partial charge in [-0.25, -0.2) is 4.79 Å². The molecule has 0 heterocycles. The van der Waals surface area contributed by atoms with Crippen molar-refractivity contribution in [3.63, 3.8) is 0 Å². The van der Waals surface area contributed by atoms with Crippen molar-refractivity contribution in [2.45, 2.75) is 32.1 Å². The maximum Gasteiger partial charge on any atom is 0.318 e. The van der Waals surface area contributed by atoms with Gasteiger partial charge in [0.25, 0.3) is 0 Å².